The molecule has 3 rings (SSSR count). The van der Waals surface area contributed by atoms with Crippen LogP contribution in [0.3, 0.4) is 0 Å². The zero-order chi connectivity index (χ0) is 18.5. The first-order valence-corrected chi connectivity index (χ1v) is 8.99. The number of halogens is 2. The van der Waals surface area contributed by atoms with Crippen molar-refractivity contribution < 1.29 is 14.7 Å². The number of carbonyl (C=O) groups is 2. The fraction of sp³-hybridized carbons (Fsp3) is 0.300. The number of amides is 1. The maximum atomic E-state index is 12.6. The molecule has 144 valence electrons. The highest BCUT2D eigenvalue weighted by Crippen LogP contribution is 2.25. The van der Waals surface area contributed by atoms with Crippen LogP contribution in [0.25, 0.3) is 0 Å². The van der Waals surface area contributed by atoms with Gasteiger partial charge in [-0.25, -0.2) is 0 Å². The lowest BCUT2D eigenvalue weighted by Crippen LogP contribution is -2.43. The predicted molar refractivity (Wildman–Crippen MR) is 107 cm³/mol. The van der Waals surface area contributed by atoms with E-state index in [1.807, 2.05) is 48.5 Å². The van der Waals surface area contributed by atoms with Gasteiger partial charge in [0.1, 0.15) is 6.04 Å². The number of carboxylic acids is 1. The lowest BCUT2D eigenvalue weighted by molar-refractivity contribution is -0.142. The first-order valence-electron chi connectivity index (χ1n) is 8.61. The zero-order valence-corrected chi connectivity index (χ0v) is 16.2. The van der Waals surface area contributed by atoms with Crippen LogP contribution in [0.5, 0.6) is 0 Å². The number of hydrogen-bond acceptors (Lipinski definition) is 3. The standard InChI is InChI=1S/C20H21ClN2O3.ClH/c21-16-9-4-8-15(12-16)19(14-6-2-1-3-7-14)22-18(24)13-23-11-5-10-17(23)20(25)26;/h1-4,6-9,12,17,19H,5,10-11,13H2,(H,22,24)(H,25,26);1H. The van der Waals surface area contributed by atoms with Gasteiger partial charge in [-0.05, 0) is 42.6 Å². The second-order valence-electron chi connectivity index (χ2n) is 6.43. The molecule has 7 heteroatoms. The van der Waals surface area contributed by atoms with E-state index < -0.39 is 12.0 Å². The molecule has 1 amide bonds. The van der Waals surface area contributed by atoms with Crippen LogP contribution in [0, 0.1) is 0 Å². The van der Waals surface area contributed by atoms with Gasteiger partial charge in [0.15, 0.2) is 0 Å². The Morgan fingerprint density at radius 2 is 1.85 bits per heavy atom. The first kappa shape index (κ1) is 21.2. The molecule has 0 bridgehead atoms. The zero-order valence-electron chi connectivity index (χ0n) is 14.7. The normalized spacial score (nSPS) is 17.7. The van der Waals surface area contributed by atoms with Gasteiger partial charge in [-0.1, -0.05) is 54.1 Å². The van der Waals surface area contributed by atoms with Crippen molar-refractivity contribution in [2.24, 2.45) is 0 Å². The Morgan fingerprint density at radius 3 is 2.52 bits per heavy atom. The summed E-state index contributed by atoms with van der Waals surface area (Å²) < 4.78 is 0. The number of hydrogen-bond donors (Lipinski definition) is 2. The van der Waals surface area contributed by atoms with Gasteiger partial charge in [-0.2, -0.15) is 0 Å². The minimum absolute atomic E-state index is 0. The molecule has 2 aromatic rings. The summed E-state index contributed by atoms with van der Waals surface area (Å²) in [6, 6.07) is 16.1. The second kappa shape index (κ2) is 9.74. The summed E-state index contributed by atoms with van der Waals surface area (Å²) in [5.41, 5.74) is 1.83. The van der Waals surface area contributed by atoms with Gasteiger partial charge in [-0.3, -0.25) is 14.5 Å². The fourth-order valence-corrected chi connectivity index (χ4v) is 3.58. The molecule has 0 aromatic heterocycles. The lowest BCUT2D eigenvalue weighted by atomic mass is 9.98. The number of likely N-dealkylation sites (tertiary alicyclic amines) is 1. The Morgan fingerprint density at radius 1 is 1.15 bits per heavy atom. The van der Waals surface area contributed by atoms with Gasteiger partial charge < -0.3 is 10.4 Å². The molecule has 1 fully saturated rings. The number of benzene rings is 2. The van der Waals surface area contributed by atoms with Crippen LogP contribution >= 0.6 is 24.0 Å². The first-order chi connectivity index (χ1) is 12.5. The minimum atomic E-state index is -0.871. The largest absolute Gasteiger partial charge is 0.480 e. The van der Waals surface area contributed by atoms with Crippen LogP contribution < -0.4 is 5.32 Å². The van der Waals surface area contributed by atoms with Crippen molar-refractivity contribution in [3.8, 4) is 0 Å². The van der Waals surface area contributed by atoms with Crippen molar-refractivity contribution in [3.63, 3.8) is 0 Å². The molecule has 1 aliphatic heterocycles. The smallest absolute Gasteiger partial charge is 0.320 e. The van der Waals surface area contributed by atoms with Gasteiger partial charge in [0.2, 0.25) is 5.91 Å². The molecule has 1 heterocycles. The third-order valence-electron chi connectivity index (χ3n) is 4.62. The summed E-state index contributed by atoms with van der Waals surface area (Å²) in [4.78, 5) is 25.7. The minimum Gasteiger partial charge on any atom is -0.480 e. The highest BCUT2D eigenvalue weighted by Gasteiger charge is 2.32. The molecule has 2 unspecified atom stereocenters. The lowest BCUT2D eigenvalue weighted by Gasteiger charge is -2.24. The molecule has 0 spiro atoms. The molecule has 0 aliphatic carbocycles. The fourth-order valence-electron chi connectivity index (χ4n) is 3.38. The molecule has 1 saturated heterocycles. The topological polar surface area (TPSA) is 69.6 Å². The maximum Gasteiger partial charge on any atom is 0.320 e. The quantitative estimate of drug-likeness (QED) is 0.766. The third kappa shape index (κ3) is 5.45. The molecule has 1 aliphatic rings. The van der Waals surface area contributed by atoms with Crippen LogP contribution in [0.1, 0.15) is 30.0 Å². The van der Waals surface area contributed by atoms with Crippen molar-refractivity contribution in [2.45, 2.75) is 24.9 Å². The number of carboxylic acid groups (broad SMARTS) is 1. The summed E-state index contributed by atoms with van der Waals surface area (Å²) in [6.07, 6.45) is 1.37. The summed E-state index contributed by atoms with van der Waals surface area (Å²) in [5.74, 6) is -1.07. The Kier molecular flexibility index (Phi) is 7.66. The molecular formula is C20H22Cl2N2O3. The van der Waals surface area contributed by atoms with E-state index in [0.29, 0.717) is 18.0 Å². The predicted octanol–water partition coefficient (Wildman–Crippen LogP) is 3.52. The van der Waals surface area contributed by atoms with Gasteiger partial charge in [-0.15, -0.1) is 12.4 Å². The Balaban J connectivity index is 0.00000261. The van der Waals surface area contributed by atoms with E-state index in [2.05, 4.69) is 5.32 Å². The highest BCUT2D eigenvalue weighted by molar-refractivity contribution is 6.30. The van der Waals surface area contributed by atoms with E-state index in [4.69, 9.17) is 11.6 Å². The Hall–Kier alpha value is -2.08. The summed E-state index contributed by atoms with van der Waals surface area (Å²) >= 11 is 6.12. The van der Waals surface area contributed by atoms with Crippen molar-refractivity contribution in [3.05, 3.63) is 70.7 Å². The van der Waals surface area contributed by atoms with Crippen molar-refractivity contribution >= 4 is 35.9 Å². The molecule has 5 nitrogen and oxygen atoms in total. The van der Waals surface area contributed by atoms with Gasteiger partial charge in [0, 0.05) is 5.02 Å². The van der Waals surface area contributed by atoms with Crippen LogP contribution in [-0.4, -0.2) is 41.0 Å². The number of nitrogens with one attached hydrogen (secondary N) is 1. The third-order valence-corrected chi connectivity index (χ3v) is 4.85. The van der Waals surface area contributed by atoms with E-state index in [-0.39, 0.29) is 30.9 Å². The Bertz CT molecular complexity index is 786. The number of carbonyl (C=O) groups excluding carboxylic acids is 1. The maximum absolute atomic E-state index is 12.6. The van der Waals surface area contributed by atoms with Crippen molar-refractivity contribution in [1.29, 1.82) is 0 Å². The van der Waals surface area contributed by atoms with Crippen LogP contribution in [0.4, 0.5) is 0 Å². The van der Waals surface area contributed by atoms with E-state index in [1.165, 1.54) is 0 Å². The molecule has 27 heavy (non-hydrogen) atoms. The summed E-state index contributed by atoms with van der Waals surface area (Å²) in [6.45, 7) is 0.693. The van der Waals surface area contributed by atoms with Crippen LogP contribution in [-0.2, 0) is 9.59 Å². The molecule has 2 aromatic carbocycles. The number of rotatable bonds is 6. The van der Waals surface area contributed by atoms with Crippen molar-refractivity contribution in [1.82, 2.24) is 10.2 Å². The summed E-state index contributed by atoms with van der Waals surface area (Å²) in [7, 11) is 0. The van der Waals surface area contributed by atoms with Crippen LogP contribution in [0.15, 0.2) is 54.6 Å². The van der Waals surface area contributed by atoms with E-state index in [9.17, 15) is 14.7 Å². The van der Waals surface area contributed by atoms with E-state index >= 15 is 0 Å². The SMILES string of the molecule is Cl.O=C(CN1CCCC1C(=O)O)NC(c1ccccc1)c1cccc(Cl)c1. The van der Waals surface area contributed by atoms with Crippen molar-refractivity contribution in [2.75, 3.05) is 13.1 Å². The molecular weight excluding hydrogens is 387 g/mol. The molecule has 2 atom stereocenters. The van der Waals surface area contributed by atoms with Gasteiger partial charge >= 0.3 is 5.97 Å². The number of aliphatic carboxylic acids is 1. The second-order valence-corrected chi connectivity index (χ2v) is 6.87. The summed E-state index contributed by atoms with van der Waals surface area (Å²) in [5, 5.41) is 12.9. The Labute approximate surface area is 169 Å². The highest BCUT2D eigenvalue weighted by atomic mass is 35.5. The molecule has 0 saturated carbocycles. The van der Waals surface area contributed by atoms with Crippen LogP contribution in [0.2, 0.25) is 5.02 Å². The monoisotopic (exact) mass is 408 g/mol. The van der Waals surface area contributed by atoms with E-state index in [1.54, 1.807) is 11.0 Å². The van der Waals surface area contributed by atoms with Gasteiger partial charge in [0.25, 0.3) is 0 Å². The molecule has 2 N–H and O–H groups in total. The average molecular weight is 409 g/mol. The van der Waals surface area contributed by atoms with E-state index in [0.717, 1.165) is 17.5 Å². The molecule has 0 radical (unpaired) electrons. The average Bonchev–Trinajstić information content (AvgIpc) is 3.09. The van der Waals surface area contributed by atoms with Gasteiger partial charge in [0.05, 0.1) is 12.6 Å². The number of nitrogens with zero attached hydrogens (tertiary/aromatic N) is 1.